The van der Waals surface area contributed by atoms with Gasteiger partial charge in [-0.2, -0.15) is 0 Å². The van der Waals surface area contributed by atoms with Crippen molar-refractivity contribution in [2.45, 2.75) is 23.5 Å². The lowest BCUT2D eigenvalue weighted by atomic mass is 10.2. The van der Waals surface area contributed by atoms with E-state index in [1.54, 1.807) is 6.20 Å². The van der Waals surface area contributed by atoms with Gasteiger partial charge in [-0.1, -0.05) is 37.3 Å². The van der Waals surface area contributed by atoms with Crippen LogP contribution in [0.15, 0.2) is 53.0 Å². The maximum atomic E-state index is 14.2. The largest absolute Gasteiger partial charge is 0.322 e. The van der Waals surface area contributed by atoms with Crippen LogP contribution in [0.4, 0.5) is 4.39 Å². The highest BCUT2D eigenvalue weighted by Crippen LogP contribution is 2.30. The molecule has 0 N–H and O–H groups in total. The Morgan fingerprint density at radius 1 is 1.14 bits per heavy atom. The molecule has 3 aromatic rings. The van der Waals surface area contributed by atoms with Crippen molar-refractivity contribution < 1.29 is 4.39 Å². The minimum Gasteiger partial charge on any atom is -0.322 e. The molecule has 0 aliphatic rings. The van der Waals surface area contributed by atoms with Crippen LogP contribution in [0.5, 0.6) is 0 Å². The minimum atomic E-state index is -0.362. The molecule has 3 rings (SSSR count). The third kappa shape index (κ3) is 2.74. The van der Waals surface area contributed by atoms with Crippen LogP contribution in [0.3, 0.4) is 0 Å². The van der Waals surface area contributed by atoms with Gasteiger partial charge < -0.3 is 4.57 Å². The molecule has 0 aliphatic heterocycles. The number of aromatic nitrogens is 4. The van der Waals surface area contributed by atoms with Crippen molar-refractivity contribution in [3.63, 3.8) is 0 Å². The Hall–Kier alpha value is -2.21. The van der Waals surface area contributed by atoms with Crippen molar-refractivity contribution in [2.24, 2.45) is 7.05 Å². The maximum Gasteiger partial charge on any atom is 0.177 e. The summed E-state index contributed by atoms with van der Waals surface area (Å²) < 4.78 is 16.2. The lowest BCUT2D eigenvalue weighted by Gasteiger charge is -2.07. The minimum absolute atomic E-state index is 0.306. The van der Waals surface area contributed by atoms with Gasteiger partial charge in [-0.15, -0.1) is 0 Å². The first kappa shape index (κ1) is 14.7. The molecule has 4 nitrogen and oxygen atoms in total. The fraction of sp³-hybridized carbons (Fsp3) is 0.188. The molecule has 0 bridgehead atoms. The molecule has 0 fully saturated rings. The van der Waals surface area contributed by atoms with E-state index >= 15 is 0 Å². The van der Waals surface area contributed by atoms with Gasteiger partial charge in [0, 0.05) is 7.05 Å². The van der Waals surface area contributed by atoms with E-state index < -0.39 is 0 Å². The standard InChI is InChI=1S/C16H15FN4S/c1-3-12-14(17)15(20-10-19-12)22-16-18-9-13(21(16)2)11-7-5-4-6-8-11/h4-10H,3H2,1-2H3. The smallest absolute Gasteiger partial charge is 0.177 e. The highest BCUT2D eigenvalue weighted by Gasteiger charge is 2.15. The summed E-state index contributed by atoms with van der Waals surface area (Å²) in [6, 6.07) is 9.97. The quantitative estimate of drug-likeness (QED) is 0.688. The third-order valence-electron chi connectivity index (χ3n) is 3.37. The zero-order valence-corrected chi connectivity index (χ0v) is 13.1. The van der Waals surface area contributed by atoms with Crippen LogP contribution in [0.2, 0.25) is 0 Å². The number of benzene rings is 1. The Labute approximate surface area is 132 Å². The van der Waals surface area contributed by atoms with E-state index in [0.29, 0.717) is 22.3 Å². The number of hydrogen-bond acceptors (Lipinski definition) is 4. The summed E-state index contributed by atoms with van der Waals surface area (Å²) in [5.41, 5.74) is 2.48. The molecule has 0 spiro atoms. The van der Waals surface area contributed by atoms with Crippen molar-refractivity contribution in [1.29, 1.82) is 0 Å². The van der Waals surface area contributed by atoms with Crippen molar-refractivity contribution in [3.8, 4) is 11.3 Å². The molecule has 0 radical (unpaired) electrons. The molecule has 2 aromatic heterocycles. The average molecular weight is 314 g/mol. The normalized spacial score (nSPS) is 10.9. The molecule has 0 unspecified atom stereocenters. The van der Waals surface area contributed by atoms with Gasteiger partial charge in [0.15, 0.2) is 11.0 Å². The van der Waals surface area contributed by atoms with Gasteiger partial charge in [-0.3, -0.25) is 0 Å². The second-order valence-electron chi connectivity index (χ2n) is 4.75. The third-order valence-corrected chi connectivity index (χ3v) is 4.41. The first-order valence-electron chi connectivity index (χ1n) is 6.95. The summed E-state index contributed by atoms with van der Waals surface area (Å²) in [7, 11) is 1.91. The number of nitrogens with zero attached hydrogens (tertiary/aromatic N) is 4. The van der Waals surface area contributed by atoms with Crippen molar-refractivity contribution in [1.82, 2.24) is 19.5 Å². The van der Waals surface area contributed by atoms with E-state index in [-0.39, 0.29) is 5.82 Å². The molecule has 1 aromatic carbocycles. The molecule has 2 heterocycles. The van der Waals surface area contributed by atoms with Crippen LogP contribution in [-0.4, -0.2) is 19.5 Å². The van der Waals surface area contributed by atoms with Gasteiger partial charge in [0.25, 0.3) is 0 Å². The van der Waals surface area contributed by atoms with Crippen LogP contribution in [0.25, 0.3) is 11.3 Å². The van der Waals surface area contributed by atoms with Gasteiger partial charge in [-0.25, -0.2) is 19.3 Å². The molecule has 0 amide bonds. The van der Waals surface area contributed by atoms with Gasteiger partial charge in [0.1, 0.15) is 11.4 Å². The lowest BCUT2D eigenvalue weighted by molar-refractivity contribution is 0.558. The monoisotopic (exact) mass is 314 g/mol. The molecule has 6 heteroatoms. The molecule has 112 valence electrons. The molecular formula is C16H15FN4S. The molecular weight excluding hydrogens is 299 g/mol. The molecule has 0 atom stereocenters. The maximum absolute atomic E-state index is 14.2. The van der Waals surface area contributed by atoms with Gasteiger partial charge in [0.05, 0.1) is 17.6 Å². The summed E-state index contributed by atoms with van der Waals surface area (Å²) in [4.78, 5) is 12.4. The zero-order valence-electron chi connectivity index (χ0n) is 12.3. The molecule has 0 saturated carbocycles. The summed E-state index contributed by atoms with van der Waals surface area (Å²) in [6.45, 7) is 1.87. The number of halogens is 1. The van der Waals surface area contributed by atoms with Crippen LogP contribution >= 0.6 is 11.8 Å². The van der Waals surface area contributed by atoms with E-state index in [4.69, 9.17) is 0 Å². The predicted molar refractivity (Wildman–Crippen MR) is 84.1 cm³/mol. The average Bonchev–Trinajstić information content (AvgIpc) is 2.91. The van der Waals surface area contributed by atoms with Crippen LogP contribution in [0.1, 0.15) is 12.6 Å². The van der Waals surface area contributed by atoms with Crippen LogP contribution < -0.4 is 0 Å². The number of hydrogen-bond donors (Lipinski definition) is 0. The SMILES string of the molecule is CCc1ncnc(Sc2ncc(-c3ccccc3)n2C)c1F. The Bertz CT molecular complexity index is 786. The first-order valence-corrected chi connectivity index (χ1v) is 7.76. The van der Waals surface area contributed by atoms with Crippen LogP contribution in [0, 0.1) is 5.82 Å². The van der Waals surface area contributed by atoms with E-state index in [9.17, 15) is 4.39 Å². The van der Waals surface area contributed by atoms with Gasteiger partial charge >= 0.3 is 0 Å². The highest BCUT2D eigenvalue weighted by molar-refractivity contribution is 7.99. The van der Waals surface area contributed by atoms with Gasteiger partial charge in [-0.05, 0) is 23.7 Å². The van der Waals surface area contributed by atoms with Crippen LogP contribution in [-0.2, 0) is 13.5 Å². The fourth-order valence-corrected chi connectivity index (χ4v) is 2.98. The Morgan fingerprint density at radius 2 is 1.91 bits per heavy atom. The fourth-order valence-electron chi connectivity index (χ4n) is 2.16. The Kier molecular flexibility index (Phi) is 4.20. The van der Waals surface area contributed by atoms with Crippen molar-refractivity contribution >= 4 is 11.8 Å². The molecule has 0 aliphatic carbocycles. The highest BCUT2D eigenvalue weighted by atomic mass is 32.2. The second-order valence-corrected chi connectivity index (χ2v) is 5.70. The van der Waals surface area contributed by atoms with Gasteiger partial charge in [0.2, 0.25) is 0 Å². The van der Waals surface area contributed by atoms with E-state index in [1.165, 1.54) is 18.1 Å². The summed E-state index contributed by atoms with van der Waals surface area (Å²) in [6.07, 6.45) is 3.72. The molecule has 22 heavy (non-hydrogen) atoms. The summed E-state index contributed by atoms with van der Waals surface area (Å²) in [5, 5.41) is 0.999. The Balaban J connectivity index is 1.93. The zero-order chi connectivity index (χ0) is 15.5. The Morgan fingerprint density at radius 3 is 2.64 bits per heavy atom. The first-order chi connectivity index (χ1) is 10.7. The lowest BCUT2D eigenvalue weighted by Crippen LogP contribution is -1.99. The van der Waals surface area contributed by atoms with E-state index in [0.717, 1.165) is 11.3 Å². The number of rotatable bonds is 4. The summed E-state index contributed by atoms with van der Waals surface area (Å²) in [5.74, 6) is -0.362. The van der Waals surface area contributed by atoms with E-state index in [2.05, 4.69) is 15.0 Å². The topological polar surface area (TPSA) is 43.6 Å². The van der Waals surface area contributed by atoms with E-state index in [1.807, 2.05) is 48.9 Å². The predicted octanol–water partition coefficient (Wildman–Crippen LogP) is 3.73. The molecule has 0 saturated heterocycles. The number of aryl methyl sites for hydroxylation is 1. The van der Waals surface area contributed by atoms with Crippen molar-refractivity contribution in [2.75, 3.05) is 0 Å². The number of imidazole rings is 1. The summed E-state index contributed by atoms with van der Waals surface area (Å²) >= 11 is 1.21. The second kappa shape index (κ2) is 6.27. The van der Waals surface area contributed by atoms with Crippen molar-refractivity contribution in [3.05, 3.63) is 54.4 Å².